The Balaban J connectivity index is 1.86. The first-order valence-corrected chi connectivity index (χ1v) is 6.88. The fraction of sp³-hybridized carbons (Fsp3) is 0.615. The van der Waals surface area contributed by atoms with E-state index in [0.717, 1.165) is 6.33 Å². The maximum absolute atomic E-state index is 12.6. The predicted octanol–water partition coefficient (Wildman–Crippen LogP) is 2.45. The standard InChI is InChI=1S/C13H18F2N4O2/c1-2-21-13(20)19-5-3-9(4-6-19)18-11-7-10(12(14)15)16-8-17-11/h7-9,12H,2-6H2,1H3,(H,16,17,18). The molecule has 0 unspecified atom stereocenters. The number of halogens is 2. The first kappa shape index (κ1) is 15.4. The van der Waals surface area contributed by atoms with Crippen LogP contribution in [0, 0.1) is 0 Å². The Morgan fingerprint density at radius 2 is 2.19 bits per heavy atom. The number of carbonyl (C=O) groups is 1. The van der Waals surface area contributed by atoms with Gasteiger partial charge in [-0.15, -0.1) is 0 Å². The fourth-order valence-electron chi connectivity index (χ4n) is 2.20. The van der Waals surface area contributed by atoms with Crippen LogP contribution in [0.2, 0.25) is 0 Å². The van der Waals surface area contributed by atoms with Gasteiger partial charge >= 0.3 is 6.09 Å². The van der Waals surface area contributed by atoms with Gasteiger partial charge in [0.2, 0.25) is 0 Å². The van der Waals surface area contributed by atoms with Crippen molar-refractivity contribution in [3.8, 4) is 0 Å². The third-order valence-corrected chi connectivity index (χ3v) is 3.28. The average Bonchev–Trinajstić information content (AvgIpc) is 2.48. The molecule has 1 N–H and O–H groups in total. The van der Waals surface area contributed by atoms with E-state index in [-0.39, 0.29) is 17.8 Å². The SMILES string of the molecule is CCOC(=O)N1CCC(Nc2cc(C(F)F)ncn2)CC1. The average molecular weight is 300 g/mol. The molecule has 0 aliphatic carbocycles. The van der Waals surface area contributed by atoms with Crippen LogP contribution in [0.3, 0.4) is 0 Å². The molecule has 2 heterocycles. The summed E-state index contributed by atoms with van der Waals surface area (Å²) in [5, 5.41) is 3.10. The smallest absolute Gasteiger partial charge is 0.409 e. The summed E-state index contributed by atoms with van der Waals surface area (Å²) in [5.74, 6) is 0.384. The largest absolute Gasteiger partial charge is 0.450 e. The highest BCUT2D eigenvalue weighted by Gasteiger charge is 2.23. The van der Waals surface area contributed by atoms with Crippen molar-refractivity contribution in [2.24, 2.45) is 0 Å². The molecule has 1 aliphatic heterocycles. The monoisotopic (exact) mass is 300 g/mol. The zero-order chi connectivity index (χ0) is 15.2. The van der Waals surface area contributed by atoms with Crippen LogP contribution in [0.25, 0.3) is 0 Å². The lowest BCUT2D eigenvalue weighted by Gasteiger charge is -2.31. The van der Waals surface area contributed by atoms with Crippen LogP contribution in [-0.2, 0) is 4.74 Å². The predicted molar refractivity (Wildman–Crippen MR) is 72.2 cm³/mol. The molecule has 0 radical (unpaired) electrons. The number of rotatable bonds is 4. The molecule has 116 valence electrons. The van der Waals surface area contributed by atoms with Crippen LogP contribution in [0.1, 0.15) is 31.9 Å². The number of amides is 1. The number of hydrogen-bond acceptors (Lipinski definition) is 5. The van der Waals surface area contributed by atoms with Gasteiger partial charge in [0.05, 0.1) is 6.61 Å². The molecule has 6 nitrogen and oxygen atoms in total. The molecule has 1 aromatic rings. The number of nitrogens with one attached hydrogen (secondary N) is 1. The highest BCUT2D eigenvalue weighted by atomic mass is 19.3. The second kappa shape index (κ2) is 7.14. The third-order valence-electron chi connectivity index (χ3n) is 3.28. The van der Waals surface area contributed by atoms with Crippen LogP contribution in [0.15, 0.2) is 12.4 Å². The molecular weight excluding hydrogens is 282 g/mol. The van der Waals surface area contributed by atoms with Crippen molar-refractivity contribution in [3.05, 3.63) is 18.1 Å². The van der Waals surface area contributed by atoms with Crippen molar-refractivity contribution in [3.63, 3.8) is 0 Å². The zero-order valence-corrected chi connectivity index (χ0v) is 11.8. The molecule has 1 saturated heterocycles. The molecule has 1 aromatic heterocycles. The van der Waals surface area contributed by atoms with Crippen LogP contribution in [0.4, 0.5) is 19.4 Å². The molecule has 0 spiro atoms. The summed E-state index contributed by atoms with van der Waals surface area (Å²) in [4.78, 5) is 20.7. The van der Waals surface area contributed by atoms with Gasteiger partial charge < -0.3 is 15.0 Å². The van der Waals surface area contributed by atoms with E-state index in [2.05, 4.69) is 15.3 Å². The Morgan fingerprint density at radius 3 is 2.81 bits per heavy atom. The Morgan fingerprint density at radius 1 is 1.48 bits per heavy atom. The normalized spacial score (nSPS) is 16.1. The molecule has 0 saturated carbocycles. The number of alkyl halides is 2. The van der Waals surface area contributed by atoms with E-state index in [9.17, 15) is 13.6 Å². The maximum atomic E-state index is 12.6. The minimum Gasteiger partial charge on any atom is -0.450 e. The summed E-state index contributed by atoms with van der Waals surface area (Å²) in [6, 6.07) is 1.35. The van der Waals surface area contributed by atoms with E-state index in [1.54, 1.807) is 11.8 Å². The molecule has 21 heavy (non-hydrogen) atoms. The van der Waals surface area contributed by atoms with E-state index in [4.69, 9.17) is 4.74 Å². The maximum Gasteiger partial charge on any atom is 0.409 e. The summed E-state index contributed by atoms with van der Waals surface area (Å²) in [6.07, 6.45) is -0.366. The Labute approximate surface area is 121 Å². The quantitative estimate of drug-likeness (QED) is 0.925. The lowest BCUT2D eigenvalue weighted by Crippen LogP contribution is -2.42. The van der Waals surface area contributed by atoms with E-state index in [1.807, 2.05) is 0 Å². The van der Waals surface area contributed by atoms with Gasteiger partial charge in [0.1, 0.15) is 17.8 Å². The van der Waals surface area contributed by atoms with Crippen molar-refractivity contribution in [1.82, 2.24) is 14.9 Å². The number of ether oxygens (including phenoxy) is 1. The van der Waals surface area contributed by atoms with Gasteiger partial charge in [-0.2, -0.15) is 0 Å². The molecule has 8 heteroatoms. The minimum atomic E-state index is -2.61. The van der Waals surface area contributed by atoms with Gasteiger partial charge in [-0.05, 0) is 19.8 Å². The number of nitrogens with zero attached hydrogens (tertiary/aromatic N) is 3. The van der Waals surface area contributed by atoms with E-state index in [1.165, 1.54) is 6.07 Å². The Kier molecular flexibility index (Phi) is 5.24. The number of anilines is 1. The summed E-state index contributed by atoms with van der Waals surface area (Å²) >= 11 is 0. The molecule has 0 aromatic carbocycles. The molecule has 1 fully saturated rings. The lowest BCUT2D eigenvalue weighted by atomic mass is 10.1. The van der Waals surface area contributed by atoms with Gasteiger partial charge in [0.15, 0.2) is 0 Å². The Hall–Kier alpha value is -1.99. The van der Waals surface area contributed by atoms with Crippen LogP contribution >= 0.6 is 0 Å². The lowest BCUT2D eigenvalue weighted by molar-refractivity contribution is 0.0983. The minimum absolute atomic E-state index is 0.0936. The van der Waals surface area contributed by atoms with Gasteiger partial charge in [0, 0.05) is 25.2 Å². The highest BCUT2D eigenvalue weighted by molar-refractivity contribution is 5.67. The summed E-state index contributed by atoms with van der Waals surface area (Å²) in [5.41, 5.74) is -0.295. The number of carbonyl (C=O) groups excluding carboxylic acids is 1. The van der Waals surface area contributed by atoms with Crippen molar-refractivity contribution in [2.45, 2.75) is 32.2 Å². The molecule has 1 amide bonds. The van der Waals surface area contributed by atoms with Crippen molar-refractivity contribution < 1.29 is 18.3 Å². The van der Waals surface area contributed by atoms with Gasteiger partial charge in [0.25, 0.3) is 6.43 Å². The van der Waals surface area contributed by atoms with E-state index < -0.39 is 6.43 Å². The molecule has 0 atom stereocenters. The number of likely N-dealkylation sites (tertiary alicyclic amines) is 1. The zero-order valence-electron chi connectivity index (χ0n) is 11.8. The first-order chi connectivity index (χ1) is 10.1. The van der Waals surface area contributed by atoms with Crippen molar-refractivity contribution in [1.29, 1.82) is 0 Å². The highest BCUT2D eigenvalue weighted by Crippen LogP contribution is 2.20. The molecular formula is C13H18F2N4O2. The summed E-state index contributed by atoms with van der Waals surface area (Å²) < 4.78 is 30.1. The summed E-state index contributed by atoms with van der Waals surface area (Å²) in [7, 11) is 0. The number of piperidine rings is 1. The van der Waals surface area contributed by atoms with Crippen molar-refractivity contribution >= 4 is 11.9 Å². The second-order valence-electron chi connectivity index (χ2n) is 4.73. The third kappa shape index (κ3) is 4.24. The van der Waals surface area contributed by atoms with Gasteiger partial charge in [-0.3, -0.25) is 0 Å². The topological polar surface area (TPSA) is 67.3 Å². The number of hydrogen-bond donors (Lipinski definition) is 1. The molecule has 1 aliphatic rings. The molecule has 0 bridgehead atoms. The fourth-order valence-corrected chi connectivity index (χ4v) is 2.20. The second-order valence-corrected chi connectivity index (χ2v) is 4.73. The van der Waals surface area contributed by atoms with Gasteiger partial charge in [-0.25, -0.2) is 23.5 Å². The number of aromatic nitrogens is 2. The van der Waals surface area contributed by atoms with Crippen LogP contribution in [-0.4, -0.2) is 46.7 Å². The van der Waals surface area contributed by atoms with E-state index in [0.29, 0.717) is 38.4 Å². The van der Waals surface area contributed by atoms with Crippen LogP contribution < -0.4 is 5.32 Å². The Bertz CT molecular complexity index is 479. The first-order valence-electron chi connectivity index (χ1n) is 6.88. The molecule has 2 rings (SSSR count). The van der Waals surface area contributed by atoms with Crippen LogP contribution in [0.5, 0.6) is 0 Å². The van der Waals surface area contributed by atoms with Crippen molar-refractivity contribution in [2.75, 3.05) is 25.0 Å². The van der Waals surface area contributed by atoms with Gasteiger partial charge in [-0.1, -0.05) is 0 Å². The van der Waals surface area contributed by atoms with E-state index >= 15 is 0 Å². The summed E-state index contributed by atoms with van der Waals surface area (Å²) in [6.45, 7) is 3.27.